The molecule has 2 aromatic carbocycles. The second-order valence-electron chi connectivity index (χ2n) is 8.19. The molecule has 0 radical (unpaired) electrons. The maximum Gasteiger partial charge on any atom is 0.258 e. The van der Waals surface area contributed by atoms with E-state index in [9.17, 15) is 4.79 Å². The Morgan fingerprint density at radius 3 is 2.64 bits per heavy atom. The minimum Gasteiger partial charge on any atom is -0.491 e. The van der Waals surface area contributed by atoms with Gasteiger partial charge in [-0.15, -0.1) is 0 Å². The highest BCUT2D eigenvalue weighted by atomic mass is 16.5. The van der Waals surface area contributed by atoms with E-state index in [4.69, 9.17) is 14.0 Å². The highest BCUT2D eigenvalue weighted by Crippen LogP contribution is 2.40. The summed E-state index contributed by atoms with van der Waals surface area (Å²) in [6.07, 6.45) is 4.29. The standard InChI is InChI=1S/C26H25N3O4/c1-31-13-14-32-23-4-2-3-18(15-23)16-29-17-22(11-12-24(29)30)25-27-26(33-28-25)21-9-7-20(8-10-21)19-5-6-19/h2-4,7-12,15,17,19H,5-6,13-14,16H2,1H3. The number of nitrogens with zero attached hydrogens (tertiary/aromatic N) is 3. The summed E-state index contributed by atoms with van der Waals surface area (Å²) in [5.41, 5.74) is 3.81. The number of methoxy groups -OCH3 is 1. The minimum absolute atomic E-state index is 0.108. The lowest BCUT2D eigenvalue weighted by atomic mass is 10.1. The fraction of sp³-hybridized carbons (Fsp3) is 0.269. The van der Waals surface area contributed by atoms with Crippen molar-refractivity contribution >= 4 is 0 Å². The molecular formula is C26H25N3O4. The van der Waals surface area contributed by atoms with Crippen LogP contribution in [-0.4, -0.2) is 35.0 Å². The van der Waals surface area contributed by atoms with Gasteiger partial charge in [-0.3, -0.25) is 4.79 Å². The number of ether oxygens (including phenoxy) is 2. The fourth-order valence-corrected chi connectivity index (χ4v) is 3.73. The van der Waals surface area contributed by atoms with Crippen molar-refractivity contribution in [3.05, 3.63) is 88.3 Å². The van der Waals surface area contributed by atoms with Crippen LogP contribution in [0.5, 0.6) is 5.75 Å². The van der Waals surface area contributed by atoms with Gasteiger partial charge < -0.3 is 18.6 Å². The van der Waals surface area contributed by atoms with Gasteiger partial charge >= 0.3 is 0 Å². The lowest BCUT2D eigenvalue weighted by Gasteiger charge is -2.10. The molecule has 1 saturated carbocycles. The van der Waals surface area contributed by atoms with E-state index in [1.165, 1.54) is 24.5 Å². The molecule has 0 atom stereocenters. The second-order valence-corrected chi connectivity index (χ2v) is 8.19. The van der Waals surface area contributed by atoms with Crippen LogP contribution in [0.2, 0.25) is 0 Å². The smallest absolute Gasteiger partial charge is 0.258 e. The predicted octanol–water partition coefficient (Wildman–Crippen LogP) is 4.52. The Morgan fingerprint density at radius 1 is 1.03 bits per heavy atom. The number of aromatic nitrogens is 3. The Kier molecular flexibility index (Phi) is 6.04. The van der Waals surface area contributed by atoms with Gasteiger partial charge in [0.15, 0.2) is 0 Å². The number of pyridine rings is 1. The molecule has 168 valence electrons. The van der Waals surface area contributed by atoms with Crippen molar-refractivity contribution in [3.63, 3.8) is 0 Å². The summed E-state index contributed by atoms with van der Waals surface area (Å²) < 4.78 is 17.8. The Bertz CT molecular complexity index is 1290. The van der Waals surface area contributed by atoms with Gasteiger partial charge in [0.05, 0.1) is 13.2 Å². The molecule has 7 nitrogen and oxygen atoms in total. The summed E-state index contributed by atoms with van der Waals surface area (Å²) in [7, 11) is 1.64. The van der Waals surface area contributed by atoms with Gasteiger partial charge in [0.1, 0.15) is 12.4 Å². The summed E-state index contributed by atoms with van der Waals surface area (Å²) in [6, 6.07) is 19.2. The summed E-state index contributed by atoms with van der Waals surface area (Å²) in [6.45, 7) is 1.39. The molecule has 33 heavy (non-hydrogen) atoms. The van der Waals surface area contributed by atoms with Gasteiger partial charge in [-0.25, -0.2) is 0 Å². The van der Waals surface area contributed by atoms with Crippen LogP contribution >= 0.6 is 0 Å². The molecule has 1 aliphatic rings. The van der Waals surface area contributed by atoms with Crippen LogP contribution in [0.3, 0.4) is 0 Å². The molecule has 1 aliphatic carbocycles. The molecule has 0 bridgehead atoms. The third kappa shape index (κ3) is 5.04. The van der Waals surface area contributed by atoms with Crippen LogP contribution in [0.4, 0.5) is 0 Å². The van der Waals surface area contributed by atoms with Crippen molar-refractivity contribution in [2.24, 2.45) is 0 Å². The predicted molar refractivity (Wildman–Crippen MR) is 124 cm³/mol. The first-order chi connectivity index (χ1) is 16.2. The van der Waals surface area contributed by atoms with Gasteiger partial charge in [0.2, 0.25) is 5.82 Å². The maximum atomic E-state index is 12.5. The van der Waals surface area contributed by atoms with Crippen LogP contribution in [0.15, 0.2) is 76.2 Å². The molecule has 2 aromatic heterocycles. The third-order valence-electron chi connectivity index (χ3n) is 5.68. The molecule has 0 unspecified atom stereocenters. The summed E-state index contributed by atoms with van der Waals surface area (Å²) in [5, 5.41) is 4.13. The summed E-state index contributed by atoms with van der Waals surface area (Å²) >= 11 is 0. The van der Waals surface area contributed by atoms with E-state index >= 15 is 0 Å². The van der Waals surface area contributed by atoms with E-state index in [0.717, 1.165) is 16.9 Å². The van der Waals surface area contributed by atoms with Crippen LogP contribution in [0.1, 0.15) is 29.9 Å². The number of hydrogen-bond acceptors (Lipinski definition) is 6. The molecule has 0 aliphatic heterocycles. The molecule has 5 rings (SSSR count). The molecule has 0 saturated heterocycles. The zero-order chi connectivity index (χ0) is 22.6. The van der Waals surface area contributed by atoms with Crippen LogP contribution in [0, 0.1) is 0 Å². The summed E-state index contributed by atoms with van der Waals surface area (Å²) in [5.74, 6) is 2.35. The van der Waals surface area contributed by atoms with E-state index in [-0.39, 0.29) is 5.56 Å². The molecular weight excluding hydrogens is 418 g/mol. The van der Waals surface area contributed by atoms with Crippen molar-refractivity contribution in [2.45, 2.75) is 25.3 Å². The lowest BCUT2D eigenvalue weighted by molar-refractivity contribution is 0.146. The molecule has 4 aromatic rings. The van der Waals surface area contributed by atoms with E-state index in [1.54, 1.807) is 23.9 Å². The zero-order valence-electron chi connectivity index (χ0n) is 18.4. The quantitative estimate of drug-likeness (QED) is 0.354. The Balaban J connectivity index is 1.34. The van der Waals surface area contributed by atoms with Crippen LogP contribution in [-0.2, 0) is 11.3 Å². The van der Waals surface area contributed by atoms with Crippen molar-refractivity contribution < 1.29 is 14.0 Å². The fourth-order valence-electron chi connectivity index (χ4n) is 3.73. The van der Waals surface area contributed by atoms with Gasteiger partial charge in [0.25, 0.3) is 11.4 Å². The van der Waals surface area contributed by atoms with E-state index in [1.807, 2.05) is 36.4 Å². The second kappa shape index (κ2) is 9.42. The molecule has 1 fully saturated rings. The van der Waals surface area contributed by atoms with Gasteiger partial charge in [0, 0.05) is 30.5 Å². The van der Waals surface area contributed by atoms with Crippen molar-refractivity contribution in [3.8, 4) is 28.6 Å². The summed E-state index contributed by atoms with van der Waals surface area (Å²) in [4.78, 5) is 17.0. The van der Waals surface area contributed by atoms with E-state index in [0.29, 0.717) is 43.0 Å². The average molecular weight is 444 g/mol. The van der Waals surface area contributed by atoms with Crippen LogP contribution in [0.25, 0.3) is 22.8 Å². The molecule has 0 N–H and O–H groups in total. The van der Waals surface area contributed by atoms with Gasteiger partial charge in [-0.1, -0.05) is 29.4 Å². The first kappa shape index (κ1) is 21.2. The van der Waals surface area contributed by atoms with E-state index in [2.05, 4.69) is 22.3 Å². The molecule has 0 spiro atoms. The number of hydrogen-bond donors (Lipinski definition) is 0. The van der Waals surface area contributed by atoms with Gasteiger partial charge in [-0.05, 0) is 60.2 Å². The third-order valence-corrected chi connectivity index (χ3v) is 5.68. The maximum absolute atomic E-state index is 12.5. The SMILES string of the molecule is COCCOc1cccc(Cn2cc(-c3noc(-c4ccc(C5CC5)cc4)n3)ccc2=O)c1. The van der Waals surface area contributed by atoms with Crippen LogP contribution < -0.4 is 10.3 Å². The Labute approximate surface area is 191 Å². The highest BCUT2D eigenvalue weighted by Gasteiger charge is 2.23. The van der Waals surface area contributed by atoms with E-state index < -0.39 is 0 Å². The topological polar surface area (TPSA) is 79.4 Å². The van der Waals surface area contributed by atoms with Crippen molar-refractivity contribution in [1.82, 2.24) is 14.7 Å². The van der Waals surface area contributed by atoms with Crippen molar-refractivity contribution in [2.75, 3.05) is 20.3 Å². The molecule has 0 amide bonds. The largest absolute Gasteiger partial charge is 0.491 e. The number of rotatable bonds is 9. The highest BCUT2D eigenvalue weighted by molar-refractivity contribution is 5.59. The van der Waals surface area contributed by atoms with Crippen molar-refractivity contribution in [1.29, 1.82) is 0 Å². The zero-order valence-corrected chi connectivity index (χ0v) is 18.4. The first-order valence-electron chi connectivity index (χ1n) is 11.1. The first-order valence-corrected chi connectivity index (χ1v) is 11.1. The Hall–Kier alpha value is -3.71. The normalized spacial score (nSPS) is 13.2. The minimum atomic E-state index is -0.108. The lowest BCUT2D eigenvalue weighted by Crippen LogP contribution is -2.19. The van der Waals surface area contributed by atoms with Gasteiger partial charge in [-0.2, -0.15) is 4.98 Å². The number of benzene rings is 2. The monoisotopic (exact) mass is 443 g/mol. The molecule has 7 heteroatoms. The molecule has 2 heterocycles. The Morgan fingerprint density at radius 2 is 1.85 bits per heavy atom. The average Bonchev–Trinajstić information content (AvgIpc) is 3.57.